The van der Waals surface area contributed by atoms with Crippen molar-refractivity contribution in [3.8, 4) is 0 Å². The van der Waals surface area contributed by atoms with Crippen molar-refractivity contribution in [3.05, 3.63) is 64.1 Å². The number of carbonyl (C=O) groups is 2. The lowest BCUT2D eigenvalue weighted by atomic mass is 10.2. The van der Waals surface area contributed by atoms with Gasteiger partial charge in [-0.2, -0.15) is 0 Å². The van der Waals surface area contributed by atoms with E-state index in [9.17, 15) is 9.59 Å². The second kappa shape index (κ2) is 7.47. The first-order valence-electron chi connectivity index (χ1n) is 7.30. The number of hydrogen-bond acceptors (Lipinski definition) is 3. The van der Waals surface area contributed by atoms with E-state index in [0.717, 1.165) is 10.5 Å². The van der Waals surface area contributed by atoms with Crippen molar-refractivity contribution in [2.24, 2.45) is 0 Å². The summed E-state index contributed by atoms with van der Waals surface area (Å²) in [5.41, 5.74) is 0.976. The summed E-state index contributed by atoms with van der Waals surface area (Å²) in [6.45, 7) is 0.378. The van der Waals surface area contributed by atoms with E-state index >= 15 is 0 Å². The molecule has 3 rings (SSSR count). The molecule has 2 aromatic carbocycles. The molecule has 7 heteroatoms. The van der Waals surface area contributed by atoms with Gasteiger partial charge < -0.3 is 5.32 Å². The van der Waals surface area contributed by atoms with Gasteiger partial charge in [0.05, 0.1) is 11.4 Å². The molecule has 1 heterocycles. The van der Waals surface area contributed by atoms with Gasteiger partial charge in [-0.3, -0.25) is 9.69 Å². The summed E-state index contributed by atoms with van der Waals surface area (Å²) in [6.07, 6.45) is 0.308. The van der Waals surface area contributed by atoms with Crippen molar-refractivity contribution >= 4 is 46.9 Å². The molecule has 1 unspecified atom stereocenters. The third-order valence-electron chi connectivity index (χ3n) is 3.57. The molecular formula is C17H14Cl2N2O2S. The summed E-state index contributed by atoms with van der Waals surface area (Å²) >= 11 is 13.4. The number of β-lactam (4-membered cyclic amide) rings is 1. The molecule has 1 atom stereocenters. The number of urea groups is 1. The Hall–Kier alpha value is -1.69. The van der Waals surface area contributed by atoms with Gasteiger partial charge in [-0.25, -0.2) is 4.79 Å². The van der Waals surface area contributed by atoms with Gasteiger partial charge in [0.1, 0.15) is 5.37 Å². The first-order chi connectivity index (χ1) is 11.5. The molecule has 124 valence electrons. The van der Waals surface area contributed by atoms with E-state index in [1.54, 1.807) is 18.2 Å². The summed E-state index contributed by atoms with van der Waals surface area (Å²) in [4.78, 5) is 26.1. The van der Waals surface area contributed by atoms with Gasteiger partial charge in [0.2, 0.25) is 5.91 Å². The zero-order valence-corrected chi connectivity index (χ0v) is 14.9. The summed E-state index contributed by atoms with van der Waals surface area (Å²) < 4.78 is 0. The van der Waals surface area contributed by atoms with E-state index in [2.05, 4.69) is 5.32 Å². The van der Waals surface area contributed by atoms with Gasteiger partial charge >= 0.3 is 6.03 Å². The van der Waals surface area contributed by atoms with E-state index in [0.29, 0.717) is 23.0 Å². The minimum absolute atomic E-state index is 0.192. The minimum Gasteiger partial charge on any atom is -0.334 e. The minimum atomic E-state index is -0.391. The van der Waals surface area contributed by atoms with Crippen LogP contribution in [0.15, 0.2) is 53.4 Å². The van der Waals surface area contributed by atoms with Crippen LogP contribution in [0.5, 0.6) is 0 Å². The zero-order chi connectivity index (χ0) is 17.1. The van der Waals surface area contributed by atoms with Gasteiger partial charge in [0.25, 0.3) is 0 Å². The number of amides is 3. The van der Waals surface area contributed by atoms with E-state index in [1.807, 2.05) is 30.3 Å². The average Bonchev–Trinajstić information content (AvgIpc) is 2.55. The van der Waals surface area contributed by atoms with Crippen LogP contribution in [0, 0.1) is 0 Å². The number of imide groups is 1. The number of carbonyl (C=O) groups excluding carboxylic acids is 2. The highest BCUT2D eigenvalue weighted by molar-refractivity contribution is 8.00. The Kier molecular flexibility index (Phi) is 5.33. The topological polar surface area (TPSA) is 49.4 Å². The maximum atomic E-state index is 12.3. The molecule has 1 aliphatic rings. The third-order valence-corrected chi connectivity index (χ3v) is 5.49. The van der Waals surface area contributed by atoms with Crippen LogP contribution >= 0.6 is 35.0 Å². The van der Waals surface area contributed by atoms with Crippen molar-refractivity contribution < 1.29 is 9.59 Å². The smallest absolute Gasteiger partial charge is 0.325 e. The average molecular weight is 381 g/mol. The Morgan fingerprint density at radius 2 is 1.96 bits per heavy atom. The number of rotatable bonds is 4. The standard InChI is InChI=1S/C17H14Cl2N2O2S/c18-12-6-7-14(13(19)8-12)24-16-9-15(22)21(16)17(23)20-10-11-4-2-1-3-5-11/h1-8,16H,9-10H2,(H,20,23). The Morgan fingerprint density at radius 3 is 2.62 bits per heavy atom. The first kappa shape index (κ1) is 17.1. The molecule has 0 radical (unpaired) electrons. The molecular weight excluding hydrogens is 367 g/mol. The molecule has 3 amide bonds. The van der Waals surface area contributed by atoms with Crippen LogP contribution in [0.25, 0.3) is 0 Å². The summed E-state index contributed by atoms with van der Waals surface area (Å²) in [6, 6.07) is 14.3. The quantitative estimate of drug-likeness (QED) is 0.791. The molecule has 1 saturated heterocycles. The van der Waals surface area contributed by atoms with Crippen LogP contribution in [0.1, 0.15) is 12.0 Å². The van der Waals surface area contributed by atoms with Crippen molar-refractivity contribution in [2.45, 2.75) is 23.2 Å². The van der Waals surface area contributed by atoms with Crippen LogP contribution in [-0.2, 0) is 11.3 Å². The fourth-order valence-corrected chi connectivity index (χ4v) is 4.00. The fourth-order valence-electron chi connectivity index (χ4n) is 2.30. The second-order valence-corrected chi connectivity index (χ2v) is 7.32. The van der Waals surface area contributed by atoms with E-state index in [4.69, 9.17) is 23.2 Å². The number of thioether (sulfide) groups is 1. The molecule has 0 bridgehead atoms. The zero-order valence-electron chi connectivity index (χ0n) is 12.5. The highest BCUT2D eigenvalue weighted by atomic mass is 35.5. The second-order valence-electron chi connectivity index (χ2n) is 5.26. The summed E-state index contributed by atoms with van der Waals surface area (Å²) in [5.74, 6) is -0.192. The first-order valence-corrected chi connectivity index (χ1v) is 8.93. The van der Waals surface area contributed by atoms with Crippen LogP contribution < -0.4 is 5.32 Å². The lowest BCUT2D eigenvalue weighted by Crippen LogP contribution is -2.57. The highest BCUT2D eigenvalue weighted by Gasteiger charge is 2.41. The molecule has 0 aromatic heterocycles. The van der Waals surface area contributed by atoms with E-state index < -0.39 is 6.03 Å². The van der Waals surface area contributed by atoms with E-state index in [-0.39, 0.29) is 11.3 Å². The Balaban J connectivity index is 1.61. The lowest BCUT2D eigenvalue weighted by Gasteiger charge is -2.37. The van der Waals surface area contributed by atoms with Gasteiger partial charge in [0.15, 0.2) is 0 Å². The van der Waals surface area contributed by atoms with Crippen LogP contribution in [0.3, 0.4) is 0 Å². The number of halogens is 2. The highest BCUT2D eigenvalue weighted by Crippen LogP contribution is 2.39. The molecule has 0 aliphatic carbocycles. The van der Waals surface area contributed by atoms with Gasteiger partial charge in [0, 0.05) is 16.5 Å². The maximum Gasteiger partial charge on any atom is 0.325 e. The number of hydrogen-bond donors (Lipinski definition) is 1. The summed E-state index contributed by atoms with van der Waals surface area (Å²) in [5, 5.41) is 3.57. The predicted molar refractivity (Wildman–Crippen MR) is 96.2 cm³/mol. The molecule has 24 heavy (non-hydrogen) atoms. The van der Waals surface area contributed by atoms with Crippen LogP contribution in [0.4, 0.5) is 4.79 Å². The Bertz CT molecular complexity index is 770. The molecule has 1 fully saturated rings. The number of benzene rings is 2. The number of nitrogens with zero attached hydrogens (tertiary/aromatic N) is 1. The number of likely N-dealkylation sites (tertiary alicyclic amines) is 1. The van der Waals surface area contributed by atoms with Gasteiger partial charge in [-0.1, -0.05) is 65.3 Å². The summed E-state index contributed by atoms with van der Waals surface area (Å²) in [7, 11) is 0. The van der Waals surface area contributed by atoms with Crippen molar-refractivity contribution in [2.75, 3.05) is 0 Å². The number of nitrogens with one attached hydrogen (secondary N) is 1. The third kappa shape index (κ3) is 3.86. The van der Waals surface area contributed by atoms with Crippen molar-refractivity contribution in [1.82, 2.24) is 10.2 Å². The molecule has 2 aromatic rings. The molecule has 1 N–H and O–H groups in total. The Labute approximate surface area is 154 Å². The maximum absolute atomic E-state index is 12.3. The fraction of sp³-hybridized carbons (Fsp3) is 0.176. The largest absolute Gasteiger partial charge is 0.334 e. The normalized spacial score (nSPS) is 16.7. The lowest BCUT2D eigenvalue weighted by molar-refractivity contribution is -0.137. The molecule has 0 saturated carbocycles. The van der Waals surface area contributed by atoms with Crippen LogP contribution in [0.2, 0.25) is 10.0 Å². The van der Waals surface area contributed by atoms with Crippen molar-refractivity contribution in [3.63, 3.8) is 0 Å². The molecule has 0 spiro atoms. The van der Waals surface area contributed by atoms with E-state index in [1.165, 1.54) is 16.7 Å². The van der Waals surface area contributed by atoms with Gasteiger partial charge in [-0.05, 0) is 23.8 Å². The van der Waals surface area contributed by atoms with Crippen molar-refractivity contribution in [1.29, 1.82) is 0 Å². The SMILES string of the molecule is O=C1CC(Sc2ccc(Cl)cc2Cl)N1C(=O)NCc1ccccc1. The monoisotopic (exact) mass is 380 g/mol. The molecule has 4 nitrogen and oxygen atoms in total. The molecule has 1 aliphatic heterocycles. The van der Waals surface area contributed by atoms with Gasteiger partial charge in [-0.15, -0.1) is 0 Å². The van der Waals surface area contributed by atoms with Crippen LogP contribution in [-0.4, -0.2) is 22.2 Å². The predicted octanol–water partition coefficient (Wildman–Crippen LogP) is 4.55. The Morgan fingerprint density at radius 1 is 1.21 bits per heavy atom.